The van der Waals surface area contributed by atoms with Crippen molar-refractivity contribution >= 4 is 17.2 Å². The number of aryl methyl sites for hydroxylation is 1. The molecular weight excluding hydrogens is 344 g/mol. The molecule has 2 aromatic heterocycles. The Kier molecular flexibility index (Phi) is 6.20. The van der Waals surface area contributed by atoms with Gasteiger partial charge in [0.15, 0.2) is 0 Å². The Morgan fingerprint density at radius 2 is 2.00 bits per heavy atom. The monoisotopic (exact) mass is 368 g/mol. The summed E-state index contributed by atoms with van der Waals surface area (Å²) < 4.78 is 2.01. The normalized spacial score (nSPS) is 12.1. The molecule has 0 aliphatic rings. The summed E-state index contributed by atoms with van der Waals surface area (Å²) in [4.78, 5) is 19.1. The van der Waals surface area contributed by atoms with Crippen LogP contribution in [0, 0.1) is 0 Å². The van der Waals surface area contributed by atoms with E-state index in [2.05, 4.69) is 41.5 Å². The molecule has 1 atom stereocenters. The highest BCUT2D eigenvalue weighted by Gasteiger charge is 2.15. The van der Waals surface area contributed by atoms with Crippen molar-refractivity contribution in [3.05, 3.63) is 76.0 Å². The van der Waals surface area contributed by atoms with E-state index in [0.717, 1.165) is 23.5 Å². The number of thiophene rings is 1. The molecule has 3 aromatic rings. The smallest absolute Gasteiger partial charge is 0.237 e. The van der Waals surface area contributed by atoms with Crippen LogP contribution >= 0.6 is 11.3 Å². The molecule has 136 valence electrons. The van der Waals surface area contributed by atoms with Crippen LogP contribution in [-0.4, -0.2) is 21.5 Å². The number of hydrogen-bond donors (Lipinski definition) is 2. The molecule has 0 saturated heterocycles. The zero-order chi connectivity index (χ0) is 18.4. The zero-order valence-electron chi connectivity index (χ0n) is 14.9. The van der Waals surface area contributed by atoms with Gasteiger partial charge >= 0.3 is 0 Å². The van der Waals surface area contributed by atoms with E-state index >= 15 is 0 Å². The fraction of sp³-hybridized carbons (Fsp3) is 0.300. The third-order valence-electron chi connectivity index (χ3n) is 4.16. The lowest BCUT2D eigenvalue weighted by atomic mass is 10.1. The maximum absolute atomic E-state index is 12.2. The number of nitrogens with one attached hydrogen (secondary N) is 1. The number of nitrogens with two attached hydrogens (primary N) is 1. The van der Waals surface area contributed by atoms with Crippen LogP contribution in [0.3, 0.4) is 0 Å². The van der Waals surface area contributed by atoms with E-state index < -0.39 is 6.04 Å². The Morgan fingerprint density at radius 1 is 1.23 bits per heavy atom. The van der Waals surface area contributed by atoms with Crippen LogP contribution < -0.4 is 11.1 Å². The number of carbonyl (C=O) groups is 1. The van der Waals surface area contributed by atoms with Crippen molar-refractivity contribution in [2.24, 2.45) is 5.73 Å². The second-order valence-corrected chi connectivity index (χ2v) is 7.53. The van der Waals surface area contributed by atoms with Crippen molar-refractivity contribution in [2.45, 2.75) is 38.9 Å². The average molecular weight is 369 g/mol. The molecule has 5 nitrogen and oxygen atoms in total. The summed E-state index contributed by atoms with van der Waals surface area (Å²) >= 11 is 1.72. The molecule has 0 unspecified atom stereocenters. The molecule has 0 aliphatic carbocycles. The van der Waals surface area contributed by atoms with Crippen LogP contribution in [0.15, 0.2) is 55.0 Å². The predicted molar refractivity (Wildman–Crippen MR) is 105 cm³/mol. The van der Waals surface area contributed by atoms with E-state index in [-0.39, 0.29) is 5.91 Å². The molecule has 0 bridgehead atoms. The summed E-state index contributed by atoms with van der Waals surface area (Å²) in [5.74, 6) is -0.144. The third kappa shape index (κ3) is 5.03. The minimum Gasteiger partial charge on any atom is -0.350 e. The molecule has 1 amide bonds. The standard InChI is InChI=1S/C20H24N4OS/c1-2-17-8-9-18(26-17)11-22-20(25)19(21)10-16-13-24(14-23-16)12-15-6-4-3-5-7-15/h3-9,13-14,19H,2,10-12,21H2,1H3,(H,22,25)/t19-/m0/s1. The maximum Gasteiger partial charge on any atom is 0.237 e. The maximum atomic E-state index is 12.2. The van der Waals surface area contributed by atoms with Gasteiger partial charge in [-0.3, -0.25) is 4.79 Å². The number of amides is 1. The summed E-state index contributed by atoms with van der Waals surface area (Å²) in [6.45, 7) is 3.41. The van der Waals surface area contributed by atoms with Crippen molar-refractivity contribution in [3.63, 3.8) is 0 Å². The number of carbonyl (C=O) groups excluding carboxylic acids is 1. The molecule has 3 N–H and O–H groups in total. The van der Waals surface area contributed by atoms with Gasteiger partial charge in [0.1, 0.15) is 0 Å². The highest BCUT2D eigenvalue weighted by molar-refractivity contribution is 7.11. The molecule has 0 radical (unpaired) electrons. The zero-order valence-corrected chi connectivity index (χ0v) is 15.7. The Bertz CT molecular complexity index is 840. The highest BCUT2D eigenvalue weighted by atomic mass is 32.1. The number of hydrogen-bond acceptors (Lipinski definition) is 4. The largest absolute Gasteiger partial charge is 0.350 e. The van der Waals surface area contributed by atoms with Gasteiger partial charge in [0, 0.05) is 28.9 Å². The first-order valence-electron chi connectivity index (χ1n) is 8.79. The molecule has 0 fully saturated rings. The summed E-state index contributed by atoms with van der Waals surface area (Å²) in [6, 6.07) is 13.8. The average Bonchev–Trinajstić information content (AvgIpc) is 3.29. The van der Waals surface area contributed by atoms with Crippen molar-refractivity contribution in [2.75, 3.05) is 0 Å². The van der Waals surface area contributed by atoms with E-state index in [1.165, 1.54) is 10.4 Å². The lowest BCUT2D eigenvalue weighted by Gasteiger charge is -2.10. The lowest BCUT2D eigenvalue weighted by molar-refractivity contribution is -0.122. The van der Waals surface area contributed by atoms with Crippen molar-refractivity contribution < 1.29 is 4.79 Å². The number of imidazole rings is 1. The van der Waals surface area contributed by atoms with Crippen LogP contribution in [0.4, 0.5) is 0 Å². The van der Waals surface area contributed by atoms with Gasteiger partial charge in [0.25, 0.3) is 0 Å². The van der Waals surface area contributed by atoms with Gasteiger partial charge in [0.2, 0.25) is 5.91 Å². The van der Waals surface area contributed by atoms with E-state index in [0.29, 0.717) is 13.0 Å². The van der Waals surface area contributed by atoms with Gasteiger partial charge in [-0.25, -0.2) is 4.98 Å². The second kappa shape index (κ2) is 8.78. The number of aromatic nitrogens is 2. The van der Waals surface area contributed by atoms with Crippen LogP contribution in [0.25, 0.3) is 0 Å². The first-order valence-corrected chi connectivity index (χ1v) is 9.61. The van der Waals surface area contributed by atoms with E-state index in [9.17, 15) is 4.79 Å². The van der Waals surface area contributed by atoms with Gasteiger partial charge in [-0.05, 0) is 24.1 Å². The first kappa shape index (κ1) is 18.4. The third-order valence-corrected chi connectivity index (χ3v) is 5.39. The fourth-order valence-corrected chi connectivity index (χ4v) is 3.62. The van der Waals surface area contributed by atoms with E-state index in [1.54, 1.807) is 17.7 Å². The molecule has 0 aliphatic heterocycles. The van der Waals surface area contributed by atoms with Gasteiger partial charge in [-0.1, -0.05) is 37.3 Å². The summed E-state index contributed by atoms with van der Waals surface area (Å²) in [6.07, 6.45) is 5.18. The molecule has 2 heterocycles. The number of nitrogens with zero attached hydrogens (tertiary/aromatic N) is 2. The molecule has 26 heavy (non-hydrogen) atoms. The van der Waals surface area contributed by atoms with Gasteiger partial charge < -0.3 is 15.6 Å². The van der Waals surface area contributed by atoms with Gasteiger partial charge in [0.05, 0.1) is 24.6 Å². The quantitative estimate of drug-likeness (QED) is 0.642. The molecule has 0 saturated carbocycles. The van der Waals surface area contributed by atoms with Gasteiger partial charge in [-0.15, -0.1) is 11.3 Å². The Labute approximate surface area is 157 Å². The first-order chi connectivity index (χ1) is 12.6. The molecule has 6 heteroatoms. The van der Waals surface area contributed by atoms with Crippen LogP contribution in [0.5, 0.6) is 0 Å². The van der Waals surface area contributed by atoms with Crippen LogP contribution in [-0.2, 0) is 30.7 Å². The minimum atomic E-state index is -0.597. The van der Waals surface area contributed by atoms with Crippen molar-refractivity contribution in [3.8, 4) is 0 Å². The van der Waals surface area contributed by atoms with Crippen LogP contribution in [0.1, 0.15) is 27.9 Å². The summed E-state index contributed by atoms with van der Waals surface area (Å²) in [5, 5.41) is 2.91. The summed E-state index contributed by atoms with van der Waals surface area (Å²) in [5.41, 5.74) is 8.08. The minimum absolute atomic E-state index is 0.144. The Balaban J connectivity index is 1.49. The number of rotatable bonds is 8. The molecule has 3 rings (SSSR count). The van der Waals surface area contributed by atoms with Gasteiger partial charge in [-0.2, -0.15) is 0 Å². The topological polar surface area (TPSA) is 72.9 Å². The Hall–Kier alpha value is -2.44. The van der Waals surface area contributed by atoms with E-state index in [1.807, 2.05) is 29.0 Å². The molecule has 0 spiro atoms. The lowest BCUT2D eigenvalue weighted by Crippen LogP contribution is -2.41. The fourth-order valence-electron chi connectivity index (χ4n) is 2.72. The van der Waals surface area contributed by atoms with Crippen molar-refractivity contribution in [1.29, 1.82) is 0 Å². The molecular formula is C20H24N4OS. The highest BCUT2D eigenvalue weighted by Crippen LogP contribution is 2.16. The van der Waals surface area contributed by atoms with Crippen LogP contribution in [0.2, 0.25) is 0 Å². The second-order valence-electron chi connectivity index (χ2n) is 6.27. The van der Waals surface area contributed by atoms with E-state index in [4.69, 9.17) is 5.73 Å². The molecule has 1 aromatic carbocycles. The predicted octanol–water partition coefficient (Wildman–Crippen LogP) is 2.74. The Morgan fingerprint density at radius 3 is 2.73 bits per heavy atom. The summed E-state index contributed by atoms with van der Waals surface area (Å²) in [7, 11) is 0. The number of benzene rings is 1. The SMILES string of the molecule is CCc1ccc(CNC(=O)[C@@H](N)Cc2cn(Cc3ccccc3)cn2)s1. The van der Waals surface area contributed by atoms with Crippen molar-refractivity contribution in [1.82, 2.24) is 14.9 Å².